The zero-order chi connectivity index (χ0) is 14.5. The van der Waals surface area contributed by atoms with Gasteiger partial charge in [-0.2, -0.15) is 0 Å². The maximum atomic E-state index is 5.80. The fourth-order valence-electron chi connectivity index (χ4n) is 2.82. The van der Waals surface area contributed by atoms with E-state index < -0.39 is 0 Å². The molecule has 0 aliphatic carbocycles. The van der Waals surface area contributed by atoms with Gasteiger partial charge in [-0.25, -0.2) is 0 Å². The predicted octanol–water partition coefficient (Wildman–Crippen LogP) is 3.10. The first-order valence-corrected chi connectivity index (χ1v) is 7.59. The van der Waals surface area contributed by atoms with E-state index in [1.54, 1.807) is 0 Å². The Kier molecular flexibility index (Phi) is 4.41. The Labute approximate surface area is 126 Å². The number of nitrogen functional groups attached to an aromatic ring is 1. The Morgan fingerprint density at radius 1 is 1.00 bits per heavy atom. The molecule has 2 aromatic carbocycles. The highest BCUT2D eigenvalue weighted by Gasteiger charge is 2.13. The van der Waals surface area contributed by atoms with Crippen molar-refractivity contribution in [1.29, 1.82) is 0 Å². The summed E-state index contributed by atoms with van der Waals surface area (Å²) in [6.45, 7) is 3.84. The van der Waals surface area contributed by atoms with Gasteiger partial charge in [-0.1, -0.05) is 24.3 Å². The van der Waals surface area contributed by atoms with Gasteiger partial charge in [0.1, 0.15) is 12.4 Å². The number of benzene rings is 2. The van der Waals surface area contributed by atoms with Crippen molar-refractivity contribution in [3.63, 3.8) is 0 Å². The normalized spacial score (nSPS) is 15.2. The Morgan fingerprint density at radius 2 is 1.76 bits per heavy atom. The maximum Gasteiger partial charge on any atom is 0.119 e. The zero-order valence-corrected chi connectivity index (χ0v) is 12.3. The van der Waals surface area contributed by atoms with E-state index in [4.69, 9.17) is 10.5 Å². The molecule has 0 radical (unpaired) electrons. The first kappa shape index (κ1) is 14.0. The highest BCUT2D eigenvalue weighted by Crippen LogP contribution is 2.18. The van der Waals surface area contributed by atoms with Crippen molar-refractivity contribution in [1.82, 2.24) is 4.90 Å². The molecule has 3 heteroatoms. The minimum Gasteiger partial charge on any atom is -0.492 e. The number of fused-ring (bicyclic) bond motifs is 1. The third kappa shape index (κ3) is 3.76. The van der Waals surface area contributed by atoms with Gasteiger partial charge >= 0.3 is 0 Å². The van der Waals surface area contributed by atoms with Crippen LogP contribution in [0.5, 0.6) is 5.75 Å². The molecule has 0 amide bonds. The van der Waals surface area contributed by atoms with E-state index in [9.17, 15) is 0 Å². The maximum absolute atomic E-state index is 5.80. The number of hydrogen-bond acceptors (Lipinski definition) is 3. The Bertz CT molecular complexity index is 580. The summed E-state index contributed by atoms with van der Waals surface area (Å²) in [6.07, 6.45) is 2.41. The average Bonchev–Trinajstić information content (AvgIpc) is 2.71. The summed E-state index contributed by atoms with van der Waals surface area (Å²) in [5.74, 6) is 0.888. The van der Waals surface area contributed by atoms with Gasteiger partial charge in [0.2, 0.25) is 0 Å². The lowest BCUT2D eigenvalue weighted by molar-refractivity contribution is 0.205. The van der Waals surface area contributed by atoms with Crippen molar-refractivity contribution >= 4 is 5.69 Å². The van der Waals surface area contributed by atoms with E-state index in [0.29, 0.717) is 6.61 Å². The van der Waals surface area contributed by atoms with Crippen molar-refractivity contribution in [3.8, 4) is 5.75 Å². The largest absolute Gasteiger partial charge is 0.492 e. The van der Waals surface area contributed by atoms with Crippen LogP contribution < -0.4 is 10.5 Å². The van der Waals surface area contributed by atoms with Gasteiger partial charge in [0, 0.05) is 18.8 Å². The van der Waals surface area contributed by atoms with Crippen molar-refractivity contribution in [2.24, 2.45) is 0 Å². The molecule has 0 unspecified atom stereocenters. The van der Waals surface area contributed by atoms with Crippen LogP contribution in [0, 0.1) is 0 Å². The Balaban J connectivity index is 1.53. The van der Waals surface area contributed by atoms with E-state index in [2.05, 4.69) is 29.2 Å². The summed E-state index contributed by atoms with van der Waals surface area (Å²) in [7, 11) is 0. The highest BCUT2D eigenvalue weighted by atomic mass is 16.5. The van der Waals surface area contributed by atoms with Crippen molar-refractivity contribution in [2.75, 3.05) is 25.4 Å². The minimum atomic E-state index is 0.714. The van der Waals surface area contributed by atoms with Crippen molar-refractivity contribution in [3.05, 3.63) is 59.7 Å². The van der Waals surface area contributed by atoms with Crippen LogP contribution in [0.25, 0.3) is 0 Å². The number of hydrogen-bond donors (Lipinski definition) is 1. The van der Waals surface area contributed by atoms with E-state index in [-0.39, 0.29) is 0 Å². The molecule has 3 rings (SSSR count). The second kappa shape index (κ2) is 6.64. The summed E-state index contributed by atoms with van der Waals surface area (Å²) in [5.41, 5.74) is 9.40. The topological polar surface area (TPSA) is 38.5 Å². The van der Waals surface area contributed by atoms with Crippen LogP contribution in [-0.4, -0.2) is 24.6 Å². The van der Waals surface area contributed by atoms with Crippen molar-refractivity contribution < 1.29 is 4.74 Å². The first-order valence-electron chi connectivity index (χ1n) is 7.59. The zero-order valence-electron chi connectivity index (χ0n) is 12.3. The number of nitrogens with two attached hydrogens (primary N) is 1. The van der Waals surface area contributed by atoms with E-state index in [1.165, 1.54) is 24.0 Å². The SMILES string of the molecule is Nc1ccc(OCCN2CCCc3ccccc3C2)cc1. The highest BCUT2D eigenvalue weighted by molar-refractivity contribution is 5.41. The van der Waals surface area contributed by atoms with Crippen LogP contribution in [0.3, 0.4) is 0 Å². The molecule has 0 saturated carbocycles. The molecule has 0 fully saturated rings. The summed E-state index contributed by atoms with van der Waals surface area (Å²) in [5, 5.41) is 0. The van der Waals surface area contributed by atoms with Crippen LogP contribution in [0.2, 0.25) is 0 Å². The number of ether oxygens (including phenoxy) is 1. The molecular weight excluding hydrogens is 260 g/mol. The standard InChI is InChI=1S/C18H22N2O/c19-17-7-9-18(10-8-17)21-13-12-20-11-3-6-15-4-1-2-5-16(15)14-20/h1-2,4-5,7-10H,3,6,11-14,19H2. The second-order valence-corrected chi connectivity index (χ2v) is 5.57. The van der Waals surface area contributed by atoms with Crippen LogP contribution in [0.4, 0.5) is 5.69 Å². The lowest BCUT2D eigenvalue weighted by Gasteiger charge is -2.20. The van der Waals surface area contributed by atoms with Gasteiger partial charge < -0.3 is 10.5 Å². The van der Waals surface area contributed by atoms with Gasteiger partial charge in [-0.05, 0) is 54.8 Å². The third-order valence-corrected chi connectivity index (χ3v) is 3.99. The molecule has 3 nitrogen and oxygen atoms in total. The fraction of sp³-hybridized carbons (Fsp3) is 0.333. The van der Waals surface area contributed by atoms with Gasteiger partial charge in [-0.15, -0.1) is 0 Å². The summed E-state index contributed by atoms with van der Waals surface area (Å²) >= 11 is 0. The molecule has 0 bridgehead atoms. The number of aryl methyl sites for hydroxylation is 1. The van der Waals surface area contributed by atoms with Crippen LogP contribution in [0.1, 0.15) is 17.5 Å². The number of nitrogens with zero attached hydrogens (tertiary/aromatic N) is 1. The van der Waals surface area contributed by atoms with Crippen LogP contribution >= 0.6 is 0 Å². The second-order valence-electron chi connectivity index (χ2n) is 5.57. The third-order valence-electron chi connectivity index (χ3n) is 3.99. The summed E-state index contributed by atoms with van der Waals surface area (Å²) in [4.78, 5) is 2.48. The molecule has 1 aliphatic rings. The lowest BCUT2D eigenvalue weighted by Crippen LogP contribution is -2.28. The molecule has 0 spiro atoms. The molecule has 2 aromatic rings. The number of rotatable bonds is 4. The van der Waals surface area contributed by atoms with E-state index in [0.717, 1.165) is 31.1 Å². The van der Waals surface area contributed by atoms with Gasteiger partial charge in [0.25, 0.3) is 0 Å². The van der Waals surface area contributed by atoms with Crippen LogP contribution in [0.15, 0.2) is 48.5 Å². The molecular formula is C18H22N2O. The van der Waals surface area contributed by atoms with Gasteiger partial charge in [-0.3, -0.25) is 4.90 Å². The van der Waals surface area contributed by atoms with Gasteiger partial charge in [0.15, 0.2) is 0 Å². The van der Waals surface area contributed by atoms with Crippen molar-refractivity contribution in [2.45, 2.75) is 19.4 Å². The summed E-state index contributed by atoms with van der Waals surface area (Å²) in [6, 6.07) is 16.4. The summed E-state index contributed by atoms with van der Waals surface area (Å²) < 4.78 is 5.80. The fourth-order valence-corrected chi connectivity index (χ4v) is 2.82. The Morgan fingerprint density at radius 3 is 2.57 bits per heavy atom. The molecule has 110 valence electrons. The molecule has 0 saturated heterocycles. The Hall–Kier alpha value is -2.00. The monoisotopic (exact) mass is 282 g/mol. The molecule has 0 atom stereocenters. The smallest absolute Gasteiger partial charge is 0.119 e. The molecule has 1 aliphatic heterocycles. The van der Waals surface area contributed by atoms with E-state index in [1.807, 2.05) is 24.3 Å². The molecule has 0 aromatic heterocycles. The van der Waals surface area contributed by atoms with Crippen LogP contribution in [-0.2, 0) is 13.0 Å². The average molecular weight is 282 g/mol. The number of anilines is 1. The first-order chi connectivity index (χ1) is 10.3. The molecule has 2 N–H and O–H groups in total. The molecule has 1 heterocycles. The lowest BCUT2D eigenvalue weighted by atomic mass is 10.0. The minimum absolute atomic E-state index is 0.714. The predicted molar refractivity (Wildman–Crippen MR) is 86.4 cm³/mol. The quantitative estimate of drug-likeness (QED) is 0.876. The van der Waals surface area contributed by atoms with E-state index >= 15 is 0 Å². The molecule has 21 heavy (non-hydrogen) atoms. The van der Waals surface area contributed by atoms with Gasteiger partial charge in [0.05, 0.1) is 0 Å².